The van der Waals surface area contributed by atoms with E-state index in [0.717, 1.165) is 0 Å². The Bertz CT molecular complexity index is 1170. The van der Waals surface area contributed by atoms with Crippen LogP contribution in [-0.4, -0.2) is 50.5 Å². The Kier molecular flexibility index (Phi) is 11.5. The average molecular weight is 563 g/mol. The van der Waals surface area contributed by atoms with E-state index < -0.39 is 43.1 Å². The molecule has 0 spiro atoms. The van der Waals surface area contributed by atoms with Gasteiger partial charge in [-0.1, -0.05) is 13.2 Å². The van der Waals surface area contributed by atoms with Gasteiger partial charge in [0, 0.05) is 0 Å². The minimum Gasteiger partial charge on any atom is -0.468 e. The molecule has 0 N–H and O–H groups in total. The van der Waals surface area contributed by atoms with Gasteiger partial charge in [0.2, 0.25) is 25.2 Å². The van der Waals surface area contributed by atoms with Crippen LogP contribution in [0.3, 0.4) is 0 Å². The third-order valence-electron chi connectivity index (χ3n) is 5.61. The maximum Gasteiger partial charge on any atom is 0.369 e. The molecule has 0 bridgehead atoms. The molecule has 0 heterocycles. The van der Waals surface area contributed by atoms with E-state index in [1.54, 1.807) is 24.3 Å². The molecule has 0 radical (unpaired) electrons. The Balaban J connectivity index is 1.30. The largest absolute Gasteiger partial charge is 0.468 e. The minimum absolute atomic E-state index is 0.0295. The maximum atomic E-state index is 12.6. The number of rotatable bonds is 14. The maximum absolute atomic E-state index is 12.6. The van der Waals surface area contributed by atoms with E-state index in [-0.39, 0.29) is 19.0 Å². The van der Waals surface area contributed by atoms with Gasteiger partial charge in [0.05, 0.1) is 11.7 Å². The summed E-state index contributed by atoms with van der Waals surface area (Å²) in [7, 11) is 0. The van der Waals surface area contributed by atoms with Crippen LogP contribution < -0.4 is 14.2 Å². The second-order valence-corrected chi connectivity index (χ2v) is 8.43. The molecule has 0 saturated heterocycles. The fourth-order valence-corrected chi connectivity index (χ4v) is 3.51. The van der Waals surface area contributed by atoms with E-state index >= 15 is 0 Å². The fourth-order valence-electron chi connectivity index (χ4n) is 3.51. The minimum atomic E-state index is -1.22. The Morgan fingerprint density at radius 1 is 0.650 bits per heavy atom. The lowest BCUT2D eigenvalue weighted by Crippen LogP contribution is -2.29. The quantitative estimate of drug-likeness (QED) is 0.136. The zero-order valence-electron chi connectivity index (χ0n) is 21.5. The lowest BCUT2D eigenvalue weighted by Gasteiger charge is -2.28. The molecule has 0 aromatic heterocycles. The summed E-state index contributed by atoms with van der Waals surface area (Å²) in [5, 5.41) is 0. The van der Waals surface area contributed by atoms with Gasteiger partial charge in [0.15, 0.2) is 6.79 Å². The molecule has 0 aliphatic heterocycles. The first kappa shape index (κ1) is 30.1. The molecule has 1 saturated carbocycles. The van der Waals surface area contributed by atoms with E-state index in [0.29, 0.717) is 48.5 Å². The monoisotopic (exact) mass is 562 g/mol. The Morgan fingerprint density at radius 3 is 1.50 bits per heavy atom. The number of hydrogen-bond donors (Lipinski definition) is 0. The molecule has 1 fully saturated rings. The molecule has 3 rings (SSSR count). The van der Waals surface area contributed by atoms with Crippen molar-refractivity contribution in [2.75, 3.05) is 20.4 Å². The van der Waals surface area contributed by atoms with Gasteiger partial charge in [-0.3, -0.25) is 0 Å². The third-order valence-corrected chi connectivity index (χ3v) is 5.61. The molecule has 10 nitrogen and oxygen atoms in total. The summed E-state index contributed by atoms with van der Waals surface area (Å²) in [6.07, 6.45) is 2.36. The summed E-state index contributed by atoms with van der Waals surface area (Å²) in [6, 6.07) is 12.5. The van der Waals surface area contributed by atoms with Crippen LogP contribution in [0.4, 0.5) is 8.78 Å². The molecular formula is C28H28F2O10. The first-order valence-corrected chi connectivity index (χ1v) is 12.2. The van der Waals surface area contributed by atoms with Crippen LogP contribution in [-0.2, 0) is 28.5 Å². The molecule has 2 aromatic carbocycles. The van der Waals surface area contributed by atoms with Crippen LogP contribution in [0.5, 0.6) is 17.2 Å². The number of esters is 3. The highest BCUT2D eigenvalue weighted by atomic mass is 19.1. The molecular weight excluding hydrogens is 534 g/mol. The lowest BCUT2D eigenvalue weighted by atomic mass is 9.95. The van der Waals surface area contributed by atoms with Crippen molar-refractivity contribution in [2.24, 2.45) is 0 Å². The van der Waals surface area contributed by atoms with Crippen molar-refractivity contribution in [2.45, 2.75) is 37.9 Å². The Labute approximate surface area is 229 Å². The van der Waals surface area contributed by atoms with Crippen LogP contribution in [0.2, 0.25) is 0 Å². The van der Waals surface area contributed by atoms with Gasteiger partial charge in [-0.2, -0.15) is 8.78 Å². The molecule has 40 heavy (non-hydrogen) atoms. The number of carbonyl (C=O) groups excluding carboxylic acids is 3. The zero-order chi connectivity index (χ0) is 28.9. The summed E-state index contributed by atoms with van der Waals surface area (Å²) in [6.45, 7) is 4.73. The second-order valence-electron chi connectivity index (χ2n) is 8.43. The number of ether oxygens (including phenoxy) is 7. The van der Waals surface area contributed by atoms with Crippen LogP contribution in [0.25, 0.3) is 0 Å². The highest BCUT2D eigenvalue weighted by Crippen LogP contribution is 2.25. The van der Waals surface area contributed by atoms with Crippen LogP contribution in [0.15, 0.2) is 73.3 Å². The topological polar surface area (TPSA) is 116 Å². The lowest BCUT2D eigenvalue weighted by molar-refractivity contribution is -0.148. The average Bonchev–Trinajstić information content (AvgIpc) is 2.95. The molecule has 12 heteroatoms. The number of benzene rings is 2. The van der Waals surface area contributed by atoms with Crippen LogP contribution in [0.1, 0.15) is 36.0 Å². The van der Waals surface area contributed by atoms with Gasteiger partial charge in [0.1, 0.15) is 23.4 Å². The standard InChI is InChI=1S/C28H28F2O10/c1-18(29)26(31)38-16-36-21-5-3-20(4-6-21)28(33)40-25-13-11-24(12-14-25)35-15-34-22-7-9-23(10-8-22)37-17-39-27(32)19(2)30/h3-10,24-25H,1-2,11-17H2. The van der Waals surface area contributed by atoms with Crippen molar-refractivity contribution in [3.63, 3.8) is 0 Å². The summed E-state index contributed by atoms with van der Waals surface area (Å²) < 4.78 is 61.4. The second kappa shape index (κ2) is 15.2. The van der Waals surface area contributed by atoms with E-state index in [9.17, 15) is 23.2 Å². The zero-order valence-corrected chi connectivity index (χ0v) is 21.5. The molecule has 1 aliphatic rings. The summed E-state index contributed by atoms with van der Waals surface area (Å²) >= 11 is 0. The summed E-state index contributed by atoms with van der Waals surface area (Å²) in [5.74, 6) is -4.05. The van der Waals surface area contributed by atoms with Crippen LogP contribution in [0, 0.1) is 0 Å². The predicted molar refractivity (Wildman–Crippen MR) is 135 cm³/mol. The van der Waals surface area contributed by atoms with E-state index in [1.165, 1.54) is 24.3 Å². The van der Waals surface area contributed by atoms with E-state index in [2.05, 4.69) is 22.6 Å². The molecule has 1 aliphatic carbocycles. The number of hydrogen-bond acceptors (Lipinski definition) is 10. The van der Waals surface area contributed by atoms with Crippen molar-refractivity contribution in [3.8, 4) is 17.2 Å². The van der Waals surface area contributed by atoms with Gasteiger partial charge >= 0.3 is 17.9 Å². The summed E-state index contributed by atoms with van der Waals surface area (Å²) in [5.41, 5.74) is 0.330. The molecule has 0 atom stereocenters. The molecule has 214 valence electrons. The van der Waals surface area contributed by atoms with E-state index in [4.69, 9.17) is 23.7 Å². The van der Waals surface area contributed by atoms with Gasteiger partial charge in [-0.05, 0) is 74.2 Å². The van der Waals surface area contributed by atoms with Crippen LogP contribution >= 0.6 is 0 Å². The van der Waals surface area contributed by atoms with Gasteiger partial charge < -0.3 is 33.2 Å². The van der Waals surface area contributed by atoms with Gasteiger partial charge in [-0.25, -0.2) is 14.4 Å². The Hall–Kier alpha value is -4.45. The van der Waals surface area contributed by atoms with Crippen molar-refractivity contribution < 1.29 is 56.3 Å². The van der Waals surface area contributed by atoms with Crippen molar-refractivity contribution in [1.29, 1.82) is 0 Å². The molecule has 0 unspecified atom stereocenters. The normalized spacial score (nSPS) is 16.2. The Morgan fingerprint density at radius 2 is 1.05 bits per heavy atom. The first-order chi connectivity index (χ1) is 19.2. The van der Waals surface area contributed by atoms with Crippen molar-refractivity contribution in [3.05, 3.63) is 78.9 Å². The number of halogens is 2. The third kappa shape index (κ3) is 10.0. The molecule has 2 aromatic rings. The summed E-state index contributed by atoms with van der Waals surface area (Å²) in [4.78, 5) is 34.4. The van der Waals surface area contributed by atoms with Crippen molar-refractivity contribution in [1.82, 2.24) is 0 Å². The van der Waals surface area contributed by atoms with E-state index in [1.807, 2.05) is 0 Å². The first-order valence-electron chi connectivity index (χ1n) is 12.2. The highest BCUT2D eigenvalue weighted by Gasteiger charge is 2.25. The SMILES string of the molecule is C=C(F)C(=O)OCOc1ccc(OCOC2CCC(OC(=O)c3ccc(OCOC(=O)C(=C)F)cc3)CC2)cc1. The van der Waals surface area contributed by atoms with Gasteiger partial charge in [0.25, 0.3) is 0 Å². The highest BCUT2D eigenvalue weighted by molar-refractivity contribution is 5.89. The number of carbonyl (C=O) groups is 3. The smallest absolute Gasteiger partial charge is 0.369 e. The van der Waals surface area contributed by atoms with Crippen molar-refractivity contribution >= 4 is 17.9 Å². The fraction of sp³-hybridized carbons (Fsp3) is 0.321. The van der Waals surface area contributed by atoms with Gasteiger partial charge in [-0.15, -0.1) is 0 Å². The molecule has 0 amide bonds. The predicted octanol–water partition coefficient (Wildman–Crippen LogP) is 4.93.